The van der Waals surface area contributed by atoms with Crippen LogP contribution in [0.1, 0.15) is 18.5 Å². The molecule has 1 fully saturated rings. The first-order valence-electron chi connectivity index (χ1n) is 9.11. The SMILES string of the molecule is Cn1cnc(-c2cccc(NC3CCN(Cc4ccccn4)CC3)c2)n1. The summed E-state index contributed by atoms with van der Waals surface area (Å²) in [5, 5.41) is 8.06. The number of aromatic nitrogens is 4. The van der Waals surface area contributed by atoms with Crippen LogP contribution in [0.4, 0.5) is 5.69 Å². The number of nitrogens with zero attached hydrogens (tertiary/aromatic N) is 5. The molecule has 0 radical (unpaired) electrons. The van der Waals surface area contributed by atoms with Gasteiger partial charge in [0, 0.05) is 50.2 Å². The van der Waals surface area contributed by atoms with Crippen molar-refractivity contribution in [2.45, 2.75) is 25.4 Å². The van der Waals surface area contributed by atoms with E-state index in [1.54, 1.807) is 11.0 Å². The molecule has 134 valence electrons. The molecule has 1 saturated heterocycles. The van der Waals surface area contributed by atoms with E-state index in [2.05, 4.69) is 61.7 Å². The molecule has 0 saturated carbocycles. The summed E-state index contributed by atoms with van der Waals surface area (Å²) >= 11 is 0. The topological polar surface area (TPSA) is 58.9 Å². The van der Waals surface area contributed by atoms with E-state index in [1.807, 2.05) is 19.3 Å². The molecular weight excluding hydrogens is 324 g/mol. The highest BCUT2D eigenvalue weighted by atomic mass is 15.3. The van der Waals surface area contributed by atoms with Crippen molar-refractivity contribution in [2.24, 2.45) is 7.05 Å². The molecule has 0 aliphatic carbocycles. The second kappa shape index (κ2) is 7.66. The van der Waals surface area contributed by atoms with Gasteiger partial charge in [-0.15, -0.1) is 0 Å². The van der Waals surface area contributed by atoms with Crippen LogP contribution in [0.2, 0.25) is 0 Å². The van der Waals surface area contributed by atoms with Gasteiger partial charge >= 0.3 is 0 Å². The van der Waals surface area contributed by atoms with Gasteiger partial charge in [0.05, 0.1) is 5.69 Å². The predicted octanol–water partition coefficient (Wildman–Crippen LogP) is 2.95. The van der Waals surface area contributed by atoms with Crippen molar-refractivity contribution in [3.8, 4) is 11.4 Å². The maximum atomic E-state index is 4.43. The standard InChI is InChI=1S/C20H24N6/c1-25-15-22-20(24-25)16-5-4-7-18(13-16)23-17-8-11-26(12-9-17)14-19-6-2-3-10-21-19/h2-7,10,13,15,17,23H,8-9,11-12,14H2,1H3. The second-order valence-corrected chi connectivity index (χ2v) is 6.84. The van der Waals surface area contributed by atoms with Crippen LogP contribution in [0, 0.1) is 0 Å². The lowest BCUT2D eigenvalue weighted by Gasteiger charge is -2.32. The van der Waals surface area contributed by atoms with Crippen LogP contribution in [0.15, 0.2) is 55.0 Å². The molecule has 1 aromatic carbocycles. The highest BCUT2D eigenvalue weighted by Crippen LogP contribution is 2.22. The molecule has 6 heteroatoms. The Hall–Kier alpha value is -2.73. The lowest BCUT2D eigenvalue weighted by atomic mass is 10.0. The maximum Gasteiger partial charge on any atom is 0.181 e. The van der Waals surface area contributed by atoms with Crippen molar-refractivity contribution in [3.05, 3.63) is 60.7 Å². The number of pyridine rings is 1. The first-order valence-corrected chi connectivity index (χ1v) is 9.11. The third-order valence-electron chi connectivity index (χ3n) is 4.79. The Labute approximate surface area is 153 Å². The smallest absolute Gasteiger partial charge is 0.181 e. The van der Waals surface area contributed by atoms with Gasteiger partial charge in [0.2, 0.25) is 0 Å². The quantitative estimate of drug-likeness (QED) is 0.768. The molecular formula is C20H24N6. The number of hydrogen-bond donors (Lipinski definition) is 1. The number of aryl methyl sites for hydroxylation is 1. The molecule has 3 heterocycles. The fourth-order valence-corrected chi connectivity index (χ4v) is 3.41. The summed E-state index contributed by atoms with van der Waals surface area (Å²) in [6.07, 6.45) is 5.87. The van der Waals surface area contributed by atoms with E-state index in [0.717, 1.165) is 55.2 Å². The molecule has 4 rings (SSSR count). The van der Waals surface area contributed by atoms with E-state index in [0.29, 0.717) is 6.04 Å². The van der Waals surface area contributed by atoms with Gasteiger partial charge in [0.15, 0.2) is 5.82 Å². The van der Waals surface area contributed by atoms with Crippen LogP contribution >= 0.6 is 0 Å². The number of nitrogens with one attached hydrogen (secondary N) is 1. The highest BCUT2D eigenvalue weighted by Gasteiger charge is 2.19. The first-order chi connectivity index (χ1) is 12.8. The van der Waals surface area contributed by atoms with Gasteiger partial charge in [-0.3, -0.25) is 14.6 Å². The Kier molecular flexibility index (Phi) is 4.93. The Morgan fingerprint density at radius 3 is 2.69 bits per heavy atom. The van der Waals surface area contributed by atoms with Gasteiger partial charge < -0.3 is 5.32 Å². The van der Waals surface area contributed by atoms with Gasteiger partial charge in [0.1, 0.15) is 6.33 Å². The molecule has 0 spiro atoms. The fourth-order valence-electron chi connectivity index (χ4n) is 3.41. The van der Waals surface area contributed by atoms with Crippen molar-refractivity contribution >= 4 is 5.69 Å². The van der Waals surface area contributed by atoms with E-state index < -0.39 is 0 Å². The van der Waals surface area contributed by atoms with E-state index in [1.165, 1.54) is 0 Å². The molecule has 3 aromatic rings. The van der Waals surface area contributed by atoms with E-state index in [4.69, 9.17) is 0 Å². The monoisotopic (exact) mass is 348 g/mol. The number of hydrogen-bond acceptors (Lipinski definition) is 5. The normalized spacial score (nSPS) is 15.9. The van der Waals surface area contributed by atoms with Gasteiger partial charge in [-0.25, -0.2) is 4.98 Å². The minimum atomic E-state index is 0.502. The van der Waals surface area contributed by atoms with E-state index in [-0.39, 0.29) is 0 Å². The third kappa shape index (κ3) is 4.08. The van der Waals surface area contributed by atoms with Gasteiger partial charge in [0.25, 0.3) is 0 Å². The largest absolute Gasteiger partial charge is 0.382 e. The molecule has 26 heavy (non-hydrogen) atoms. The van der Waals surface area contributed by atoms with Crippen LogP contribution in [0.5, 0.6) is 0 Å². The van der Waals surface area contributed by atoms with Crippen molar-refractivity contribution in [1.29, 1.82) is 0 Å². The minimum absolute atomic E-state index is 0.502. The summed E-state index contributed by atoms with van der Waals surface area (Å²) in [6, 6.07) is 15.0. The van der Waals surface area contributed by atoms with Crippen LogP contribution in [-0.4, -0.2) is 43.8 Å². The summed E-state index contributed by atoms with van der Waals surface area (Å²) in [6.45, 7) is 3.12. The molecule has 1 aliphatic heterocycles. The average molecular weight is 348 g/mol. The Morgan fingerprint density at radius 1 is 1.08 bits per heavy atom. The summed E-state index contributed by atoms with van der Waals surface area (Å²) in [5.74, 6) is 0.765. The van der Waals surface area contributed by atoms with Gasteiger partial charge in [-0.2, -0.15) is 5.10 Å². The van der Waals surface area contributed by atoms with Crippen LogP contribution in [-0.2, 0) is 13.6 Å². The molecule has 0 bridgehead atoms. The number of piperidine rings is 1. The lowest BCUT2D eigenvalue weighted by Crippen LogP contribution is -2.38. The number of benzene rings is 1. The summed E-state index contributed by atoms with van der Waals surface area (Å²) in [4.78, 5) is 11.2. The zero-order chi connectivity index (χ0) is 17.8. The molecule has 2 aromatic heterocycles. The van der Waals surface area contributed by atoms with Crippen LogP contribution in [0.3, 0.4) is 0 Å². The number of rotatable bonds is 5. The summed E-state index contributed by atoms with van der Waals surface area (Å²) < 4.78 is 1.73. The van der Waals surface area contributed by atoms with E-state index >= 15 is 0 Å². The second-order valence-electron chi connectivity index (χ2n) is 6.84. The van der Waals surface area contributed by atoms with E-state index in [9.17, 15) is 0 Å². The molecule has 1 aliphatic rings. The van der Waals surface area contributed by atoms with Crippen molar-refractivity contribution in [3.63, 3.8) is 0 Å². The molecule has 1 N–H and O–H groups in total. The Bertz CT molecular complexity index is 836. The van der Waals surface area contributed by atoms with Gasteiger partial charge in [-0.1, -0.05) is 18.2 Å². The van der Waals surface area contributed by atoms with Gasteiger partial charge in [-0.05, 0) is 37.1 Å². The third-order valence-corrected chi connectivity index (χ3v) is 4.79. The summed E-state index contributed by atoms with van der Waals surface area (Å²) in [5.41, 5.74) is 3.33. The van der Waals surface area contributed by atoms with Crippen molar-refractivity contribution in [2.75, 3.05) is 18.4 Å². The molecule has 6 nitrogen and oxygen atoms in total. The number of anilines is 1. The average Bonchev–Trinajstić information content (AvgIpc) is 3.11. The van der Waals surface area contributed by atoms with Crippen LogP contribution < -0.4 is 5.32 Å². The highest BCUT2D eigenvalue weighted by molar-refractivity contribution is 5.62. The predicted molar refractivity (Wildman–Crippen MR) is 103 cm³/mol. The maximum absolute atomic E-state index is 4.43. The lowest BCUT2D eigenvalue weighted by molar-refractivity contribution is 0.209. The minimum Gasteiger partial charge on any atom is -0.382 e. The first kappa shape index (κ1) is 16.7. The van der Waals surface area contributed by atoms with Crippen molar-refractivity contribution in [1.82, 2.24) is 24.6 Å². The molecule has 0 amide bonds. The number of likely N-dealkylation sites (tertiary alicyclic amines) is 1. The molecule has 0 unspecified atom stereocenters. The Balaban J connectivity index is 1.33. The summed E-state index contributed by atoms with van der Waals surface area (Å²) in [7, 11) is 1.89. The zero-order valence-corrected chi connectivity index (χ0v) is 15.0. The molecule has 0 atom stereocenters. The van der Waals surface area contributed by atoms with Crippen molar-refractivity contribution < 1.29 is 0 Å². The Morgan fingerprint density at radius 2 is 1.96 bits per heavy atom. The van der Waals surface area contributed by atoms with Crippen LogP contribution in [0.25, 0.3) is 11.4 Å². The fraction of sp³-hybridized carbons (Fsp3) is 0.350. The zero-order valence-electron chi connectivity index (χ0n) is 15.0.